The number of methoxy groups -OCH3 is 1. The van der Waals surface area contributed by atoms with E-state index in [0.29, 0.717) is 16.9 Å². The van der Waals surface area contributed by atoms with Crippen LogP contribution in [-0.2, 0) is 0 Å². The van der Waals surface area contributed by atoms with Gasteiger partial charge < -0.3 is 10.5 Å². The fourth-order valence-corrected chi connectivity index (χ4v) is 1.70. The summed E-state index contributed by atoms with van der Waals surface area (Å²) >= 11 is 0. The highest BCUT2D eigenvalue weighted by molar-refractivity contribution is 5.99. The Kier molecular flexibility index (Phi) is 3.23. The summed E-state index contributed by atoms with van der Waals surface area (Å²) in [5.74, 6) is -0.555. The van der Waals surface area contributed by atoms with Crippen molar-refractivity contribution in [3.05, 3.63) is 48.0 Å². The Morgan fingerprint density at radius 2 is 1.94 bits per heavy atom. The molecule has 1 aromatic carbocycles. The van der Waals surface area contributed by atoms with Crippen molar-refractivity contribution in [2.75, 3.05) is 7.11 Å². The summed E-state index contributed by atoms with van der Waals surface area (Å²) < 4.78 is 18.1. The van der Waals surface area contributed by atoms with Gasteiger partial charge in [-0.1, -0.05) is 12.1 Å². The lowest BCUT2D eigenvalue weighted by molar-refractivity contribution is 0.0996. The highest BCUT2D eigenvalue weighted by Crippen LogP contribution is 2.31. The van der Waals surface area contributed by atoms with E-state index in [9.17, 15) is 9.18 Å². The summed E-state index contributed by atoms with van der Waals surface area (Å²) in [6.07, 6.45) is 1.44. The second kappa shape index (κ2) is 4.83. The minimum atomic E-state index is -0.659. The molecule has 0 saturated carbocycles. The van der Waals surface area contributed by atoms with Crippen molar-refractivity contribution in [1.82, 2.24) is 4.98 Å². The third kappa shape index (κ3) is 2.15. The normalized spacial score (nSPS) is 10.1. The minimum Gasteiger partial charge on any atom is -0.496 e. The summed E-state index contributed by atoms with van der Waals surface area (Å²) in [4.78, 5) is 15.3. The van der Waals surface area contributed by atoms with Gasteiger partial charge in [-0.3, -0.25) is 9.78 Å². The van der Waals surface area contributed by atoms with Crippen LogP contribution in [0.25, 0.3) is 11.1 Å². The van der Waals surface area contributed by atoms with Crippen LogP contribution in [0.4, 0.5) is 4.39 Å². The molecule has 0 aliphatic heterocycles. The number of amides is 1. The Morgan fingerprint density at radius 1 is 1.28 bits per heavy atom. The molecule has 1 aromatic heterocycles. The highest BCUT2D eigenvalue weighted by Gasteiger charge is 2.16. The number of ether oxygens (including phenoxy) is 1. The summed E-state index contributed by atoms with van der Waals surface area (Å²) in [7, 11) is 1.48. The second-order valence-corrected chi connectivity index (χ2v) is 3.61. The number of carbonyl (C=O) groups excluding carboxylic acids is 1. The first-order valence-corrected chi connectivity index (χ1v) is 5.22. The van der Waals surface area contributed by atoms with E-state index < -0.39 is 5.91 Å². The quantitative estimate of drug-likeness (QED) is 0.900. The van der Waals surface area contributed by atoms with Crippen LogP contribution in [0.5, 0.6) is 5.75 Å². The van der Waals surface area contributed by atoms with E-state index in [2.05, 4.69) is 4.98 Å². The average molecular weight is 246 g/mol. The fourth-order valence-electron chi connectivity index (χ4n) is 1.70. The first kappa shape index (κ1) is 12.0. The monoisotopic (exact) mass is 246 g/mol. The molecule has 18 heavy (non-hydrogen) atoms. The third-order valence-corrected chi connectivity index (χ3v) is 2.50. The topological polar surface area (TPSA) is 65.2 Å². The van der Waals surface area contributed by atoms with Crippen LogP contribution < -0.4 is 10.5 Å². The van der Waals surface area contributed by atoms with Gasteiger partial charge in [0.1, 0.15) is 17.3 Å². The first-order valence-electron chi connectivity index (χ1n) is 5.22. The molecule has 1 heterocycles. The van der Waals surface area contributed by atoms with Gasteiger partial charge in [0.25, 0.3) is 5.91 Å². The SMILES string of the molecule is COc1ccnc(C(N)=O)c1-c1ccc(F)cc1. The first-order chi connectivity index (χ1) is 8.63. The Bertz CT molecular complexity index is 582. The van der Waals surface area contributed by atoms with Crippen LogP contribution in [0.1, 0.15) is 10.5 Å². The molecule has 0 atom stereocenters. The molecule has 0 aliphatic rings. The van der Waals surface area contributed by atoms with Gasteiger partial charge in [0.15, 0.2) is 0 Å². The lowest BCUT2D eigenvalue weighted by Crippen LogP contribution is -2.15. The zero-order chi connectivity index (χ0) is 13.1. The van der Waals surface area contributed by atoms with Crippen molar-refractivity contribution in [1.29, 1.82) is 0 Å². The molecule has 0 saturated heterocycles. The molecule has 0 unspecified atom stereocenters. The number of primary amides is 1. The molecule has 0 radical (unpaired) electrons. The predicted octanol–water partition coefficient (Wildman–Crippen LogP) is 2.00. The van der Waals surface area contributed by atoms with Crippen molar-refractivity contribution < 1.29 is 13.9 Å². The van der Waals surface area contributed by atoms with Crippen LogP contribution in [0.3, 0.4) is 0 Å². The number of nitrogens with two attached hydrogens (primary N) is 1. The Hall–Kier alpha value is -2.43. The van der Waals surface area contributed by atoms with Crippen LogP contribution in [0.2, 0.25) is 0 Å². The van der Waals surface area contributed by atoms with E-state index in [4.69, 9.17) is 10.5 Å². The number of hydrogen-bond acceptors (Lipinski definition) is 3. The molecule has 5 heteroatoms. The molecular formula is C13H11FN2O2. The molecule has 1 amide bonds. The van der Waals surface area contributed by atoms with Crippen LogP contribution >= 0.6 is 0 Å². The van der Waals surface area contributed by atoms with Crippen LogP contribution in [-0.4, -0.2) is 18.0 Å². The van der Waals surface area contributed by atoms with E-state index in [0.717, 1.165) is 0 Å². The van der Waals surface area contributed by atoms with E-state index in [-0.39, 0.29) is 11.5 Å². The molecule has 4 nitrogen and oxygen atoms in total. The van der Waals surface area contributed by atoms with E-state index >= 15 is 0 Å². The zero-order valence-electron chi connectivity index (χ0n) is 9.68. The number of rotatable bonds is 3. The standard InChI is InChI=1S/C13H11FN2O2/c1-18-10-6-7-16-12(13(15)17)11(10)8-2-4-9(14)5-3-8/h2-7H,1H3,(H2,15,17). The molecule has 0 bridgehead atoms. The highest BCUT2D eigenvalue weighted by atomic mass is 19.1. The van der Waals surface area contributed by atoms with Gasteiger partial charge in [-0.05, 0) is 23.8 Å². The number of halogens is 1. The maximum absolute atomic E-state index is 12.9. The van der Waals surface area contributed by atoms with Gasteiger partial charge in [-0.2, -0.15) is 0 Å². The lowest BCUT2D eigenvalue weighted by atomic mass is 10.0. The number of benzene rings is 1. The van der Waals surface area contributed by atoms with Gasteiger partial charge in [0.05, 0.1) is 12.7 Å². The van der Waals surface area contributed by atoms with E-state index in [1.165, 1.54) is 25.4 Å². The second-order valence-electron chi connectivity index (χ2n) is 3.61. The third-order valence-electron chi connectivity index (χ3n) is 2.50. The summed E-state index contributed by atoms with van der Waals surface area (Å²) in [6.45, 7) is 0. The van der Waals surface area contributed by atoms with Crippen molar-refractivity contribution in [2.45, 2.75) is 0 Å². The van der Waals surface area contributed by atoms with Crippen molar-refractivity contribution in [3.63, 3.8) is 0 Å². The lowest BCUT2D eigenvalue weighted by Gasteiger charge is -2.11. The van der Waals surface area contributed by atoms with Crippen LogP contribution in [0, 0.1) is 5.82 Å². The molecule has 2 rings (SSSR count). The number of hydrogen-bond donors (Lipinski definition) is 1. The molecular weight excluding hydrogens is 235 g/mol. The molecule has 2 aromatic rings. The van der Waals surface area contributed by atoms with E-state index in [1.807, 2.05) is 0 Å². The predicted molar refractivity (Wildman–Crippen MR) is 64.7 cm³/mol. The molecule has 2 N–H and O–H groups in total. The van der Waals surface area contributed by atoms with Crippen molar-refractivity contribution >= 4 is 5.91 Å². The number of pyridine rings is 1. The average Bonchev–Trinajstić information content (AvgIpc) is 2.38. The van der Waals surface area contributed by atoms with Crippen molar-refractivity contribution in [3.8, 4) is 16.9 Å². The van der Waals surface area contributed by atoms with Crippen LogP contribution in [0.15, 0.2) is 36.5 Å². The Labute approximate surface area is 103 Å². The van der Waals surface area contributed by atoms with Gasteiger partial charge in [-0.25, -0.2) is 4.39 Å². The van der Waals surface area contributed by atoms with Gasteiger partial charge in [-0.15, -0.1) is 0 Å². The molecule has 0 spiro atoms. The van der Waals surface area contributed by atoms with Gasteiger partial charge >= 0.3 is 0 Å². The zero-order valence-corrected chi connectivity index (χ0v) is 9.68. The molecule has 0 fully saturated rings. The maximum Gasteiger partial charge on any atom is 0.268 e. The minimum absolute atomic E-state index is 0.0981. The molecule has 0 aliphatic carbocycles. The summed E-state index contributed by atoms with van der Waals surface area (Å²) in [5, 5.41) is 0. The number of nitrogens with zero attached hydrogens (tertiary/aromatic N) is 1. The van der Waals surface area contributed by atoms with Crippen molar-refractivity contribution in [2.24, 2.45) is 5.73 Å². The largest absolute Gasteiger partial charge is 0.496 e. The number of aromatic nitrogens is 1. The molecule has 92 valence electrons. The Balaban J connectivity index is 2.67. The van der Waals surface area contributed by atoms with Gasteiger partial charge in [0.2, 0.25) is 0 Å². The summed E-state index contributed by atoms with van der Waals surface area (Å²) in [5.41, 5.74) is 6.46. The fraction of sp³-hybridized carbons (Fsp3) is 0.0769. The van der Waals surface area contributed by atoms with E-state index in [1.54, 1.807) is 18.2 Å². The van der Waals surface area contributed by atoms with Gasteiger partial charge in [0, 0.05) is 6.20 Å². The number of carbonyl (C=O) groups is 1. The maximum atomic E-state index is 12.9. The summed E-state index contributed by atoms with van der Waals surface area (Å²) in [6, 6.07) is 7.30. The smallest absolute Gasteiger partial charge is 0.268 e. The Morgan fingerprint density at radius 3 is 2.50 bits per heavy atom.